The highest BCUT2D eigenvalue weighted by Crippen LogP contribution is 2.32. The first kappa shape index (κ1) is 20.8. The highest BCUT2D eigenvalue weighted by atomic mass is 16.5. The lowest BCUT2D eigenvalue weighted by Crippen LogP contribution is -2.53. The Kier molecular flexibility index (Phi) is 6.15. The quantitative estimate of drug-likeness (QED) is 0.800. The van der Waals surface area contributed by atoms with Gasteiger partial charge in [-0.25, -0.2) is 4.79 Å². The zero-order chi connectivity index (χ0) is 21.0. The molecule has 1 N–H and O–H groups in total. The first-order chi connectivity index (χ1) is 13.8. The molecule has 2 heterocycles. The number of carbonyl (C=O) groups is 2. The topological polar surface area (TPSA) is 75.0 Å². The molecule has 3 amide bonds. The zero-order valence-electron chi connectivity index (χ0n) is 17.5. The molecule has 1 aliphatic heterocycles. The third-order valence-electron chi connectivity index (χ3n) is 4.98. The molecule has 0 atom stereocenters. The number of urea groups is 1. The number of hydrogen-bond donors (Lipinski definition) is 1. The lowest BCUT2D eigenvalue weighted by Gasteiger charge is -2.34. The van der Waals surface area contributed by atoms with E-state index in [-0.39, 0.29) is 24.1 Å². The molecule has 1 fully saturated rings. The Bertz CT molecular complexity index is 847. The number of benzene rings is 1. The van der Waals surface area contributed by atoms with Crippen LogP contribution in [0.2, 0.25) is 0 Å². The Labute approximate surface area is 171 Å². The van der Waals surface area contributed by atoms with Crippen molar-refractivity contribution in [2.24, 2.45) is 0 Å². The summed E-state index contributed by atoms with van der Waals surface area (Å²) in [5.74, 6) is 0.953. The summed E-state index contributed by atoms with van der Waals surface area (Å²) in [7, 11) is 0. The van der Waals surface area contributed by atoms with Gasteiger partial charge in [0.05, 0.1) is 6.26 Å². The van der Waals surface area contributed by atoms with E-state index in [1.807, 2.05) is 12.1 Å². The van der Waals surface area contributed by atoms with Gasteiger partial charge >= 0.3 is 6.03 Å². The lowest BCUT2D eigenvalue weighted by atomic mass is 9.85. The summed E-state index contributed by atoms with van der Waals surface area (Å²) in [6.07, 6.45) is 1.48. The number of carbonyl (C=O) groups excluding carboxylic acids is 2. The van der Waals surface area contributed by atoms with Crippen LogP contribution in [0.3, 0.4) is 0 Å². The normalized spacial score (nSPS) is 14.6. The minimum absolute atomic E-state index is 0.0534. The number of piperazine rings is 1. The van der Waals surface area contributed by atoms with Crippen molar-refractivity contribution >= 4 is 11.9 Å². The van der Waals surface area contributed by atoms with Crippen LogP contribution in [0.4, 0.5) is 4.79 Å². The van der Waals surface area contributed by atoms with Crippen LogP contribution in [0.1, 0.15) is 42.5 Å². The molecule has 0 spiro atoms. The number of hydrogen-bond acceptors (Lipinski definition) is 4. The maximum atomic E-state index is 12.4. The van der Waals surface area contributed by atoms with Crippen LogP contribution in [-0.4, -0.2) is 54.6 Å². The predicted molar refractivity (Wildman–Crippen MR) is 110 cm³/mol. The van der Waals surface area contributed by atoms with E-state index in [4.69, 9.17) is 9.15 Å². The second-order valence-corrected chi connectivity index (χ2v) is 8.28. The van der Waals surface area contributed by atoms with Crippen molar-refractivity contribution in [2.75, 3.05) is 32.9 Å². The van der Waals surface area contributed by atoms with Gasteiger partial charge < -0.3 is 24.3 Å². The van der Waals surface area contributed by atoms with Crippen LogP contribution in [-0.2, 0) is 5.41 Å². The van der Waals surface area contributed by atoms with Crippen molar-refractivity contribution in [3.63, 3.8) is 0 Å². The van der Waals surface area contributed by atoms with E-state index in [0.29, 0.717) is 31.9 Å². The van der Waals surface area contributed by atoms with Gasteiger partial charge in [0.15, 0.2) is 12.5 Å². The third kappa shape index (κ3) is 5.10. The molecule has 29 heavy (non-hydrogen) atoms. The highest BCUT2D eigenvalue weighted by Gasteiger charge is 2.26. The fraction of sp³-hybridized carbons (Fsp3) is 0.455. The average Bonchev–Trinajstić information content (AvgIpc) is 3.22. The minimum Gasteiger partial charge on any atom is -0.473 e. The SMILES string of the molecule is Cc1ccc(OCNC(=O)N2CCN(C(=O)c3ccco3)CC2)c(C(C)(C)C)c1. The smallest absolute Gasteiger partial charge is 0.320 e. The summed E-state index contributed by atoms with van der Waals surface area (Å²) in [4.78, 5) is 28.1. The van der Waals surface area contributed by atoms with Crippen LogP contribution >= 0.6 is 0 Å². The van der Waals surface area contributed by atoms with Gasteiger partial charge in [-0.2, -0.15) is 0 Å². The van der Waals surface area contributed by atoms with Gasteiger partial charge in [-0.3, -0.25) is 4.79 Å². The van der Waals surface area contributed by atoms with Crippen LogP contribution < -0.4 is 10.1 Å². The van der Waals surface area contributed by atoms with Crippen molar-refractivity contribution in [1.82, 2.24) is 15.1 Å². The molecule has 1 saturated heterocycles. The summed E-state index contributed by atoms with van der Waals surface area (Å²) in [6, 6.07) is 9.21. The first-order valence-corrected chi connectivity index (χ1v) is 9.85. The molecule has 1 aliphatic rings. The van der Waals surface area contributed by atoms with Crippen LogP contribution in [0, 0.1) is 6.92 Å². The zero-order valence-corrected chi connectivity index (χ0v) is 17.5. The molecule has 7 nitrogen and oxygen atoms in total. The molecule has 7 heteroatoms. The number of nitrogens with one attached hydrogen (secondary N) is 1. The van der Waals surface area contributed by atoms with Crippen molar-refractivity contribution in [3.8, 4) is 5.75 Å². The van der Waals surface area contributed by atoms with Gasteiger partial charge in [-0.15, -0.1) is 0 Å². The molecular weight excluding hydrogens is 370 g/mol. The summed E-state index contributed by atoms with van der Waals surface area (Å²) in [5, 5.41) is 2.81. The van der Waals surface area contributed by atoms with Gasteiger partial charge in [0.2, 0.25) is 0 Å². The number of ether oxygens (including phenoxy) is 1. The Morgan fingerprint density at radius 3 is 2.41 bits per heavy atom. The van der Waals surface area contributed by atoms with Crippen LogP contribution in [0.15, 0.2) is 41.0 Å². The second kappa shape index (κ2) is 8.59. The number of furan rings is 1. The van der Waals surface area contributed by atoms with E-state index in [0.717, 1.165) is 11.3 Å². The van der Waals surface area contributed by atoms with E-state index in [1.165, 1.54) is 11.8 Å². The number of rotatable bonds is 4. The number of amides is 3. The van der Waals surface area contributed by atoms with Crippen molar-refractivity contribution < 1.29 is 18.7 Å². The van der Waals surface area contributed by atoms with Gasteiger partial charge in [0.1, 0.15) is 5.75 Å². The molecule has 0 radical (unpaired) electrons. The summed E-state index contributed by atoms with van der Waals surface area (Å²) < 4.78 is 11.0. The predicted octanol–water partition coefficient (Wildman–Crippen LogP) is 3.39. The van der Waals surface area contributed by atoms with E-state index < -0.39 is 0 Å². The van der Waals surface area contributed by atoms with Gasteiger partial charge in [0.25, 0.3) is 5.91 Å². The molecule has 2 aromatic rings. The molecule has 3 rings (SSSR count). The molecule has 0 aliphatic carbocycles. The van der Waals surface area contributed by atoms with Gasteiger partial charge in [0, 0.05) is 26.2 Å². The van der Waals surface area contributed by atoms with E-state index >= 15 is 0 Å². The monoisotopic (exact) mass is 399 g/mol. The summed E-state index contributed by atoms with van der Waals surface area (Å²) in [6.45, 7) is 10.4. The largest absolute Gasteiger partial charge is 0.473 e. The maximum Gasteiger partial charge on any atom is 0.320 e. The first-order valence-electron chi connectivity index (χ1n) is 9.85. The second-order valence-electron chi connectivity index (χ2n) is 8.28. The third-order valence-corrected chi connectivity index (χ3v) is 4.98. The molecule has 1 aromatic carbocycles. The fourth-order valence-electron chi connectivity index (χ4n) is 3.31. The molecule has 0 saturated carbocycles. The van der Waals surface area contributed by atoms with Crippen molar-refractivity contribution in [2.45, 2.75) is 33.1 Å². The minimum atomic E-state index is -0.195. The Morgan fingerprint density at radius 2 is 1.79 bits per heavy atom. The molecule has 0 unspecified atom stereocenters. The molecule has 156 valence electrons. The van der Waals surface area contributed by atoms with Crippen molar-refractivity contribution in [1.29, 1.82) is 0 Å². The fourth-order valence-corrected chi connectivity index (χ4v) is 3.31. The molecular formula is C22H29N3O4. The number of nitrogens with zero attached hydrogens (tertiary/aromatic N) is 2. The highest BCUT2D eigenvalue weighted by molar-refractivity contribution is 5.91. The molecule has 0 bridgehead atoms. The summed E-state index contributed by atoms with van der Waals surface area (Å²) >= 11 is 0. The Morgan fingerprint density at radius 1 is 1.10 bits per heavy atom. The van der Waals surface area contributed by atoms with Crippen LogP contribution in [0.25, 0.3) is 0 Å². The molecule has 1 aromatic heterocycles. The van der Waals surface area contributed by atoms with Gasteiger partial charge in [-0.1, -0.05) is 38.5 Å². The Hall–Kier alpha value is -2.96. The van der Waals surface area contributed by atoms with Crippen LogP contribution in [0.5, 0.6) is 5.75 Å². The van der Waals surface area contributed by atoms with E-state index in [9.17, 15) is 9.59 Å². The van der Waals surface area contributed by atoms with E-state index in [2.05, 4.69) is 39.1 Å². The summed E-state index contributed by atoms with van der Waals surface area (Å²) in [5.41, 5.74) is 2.23. The standard InChI is InChI=1S/C22H29N3O4/c1-16-7-8-18(17(14-16)22(2,3)4)29-15-23-21(27)25-11-9-24(10-12-25)20(26)19-6-5-13-28-19/h5-8,13-14H,9-12,15H2,1-4H3,(H,23,27). The van der Waals surface area contributed by atoms with Gasteiger partial charge in [-0.05, 0) is 36.1 Å². The van der Waals surface area contributed by atoms with E-state index in [1.54, 1.807) is 21.9 Å². The average molecular weight is 399 g/mol. The Balaban J connectivity index is 1.48. The number of aryl methyl sites for hydroxylation is 1. The maximum absolute atomic E-state index is 12.4. The lowest BCUT2D eigenvalue weighted by molar-refractivity contribution is 0.0631. The van der Waals surface area contributed by atoms with Crippen molar-refractivity contribution in [3.05, 3.63) is 53.5 Å².